The van der Waals surface area contributed by atoms with E-state index in [-0.39, 0.29) is 11.6 Å². The van der Waals surface area contributed by atoms with Crippen molar-refractivity contribution in [1.82, 2.24) is 29.6 Å². The molecule has 1 atom stereocenters. The van der Waals surface area contributed by atoms with Gasteiger partial charge in [-0.2, -0.15) is 9.50 Å². The fourth-order valence-electron chi connectivity index (χ4n) is 3.05. The molecular weight excluding hydrogens is 360 g/mol. The van der Waals surface area contributed by atoms with Crippen molar-refractivity contribution >= 4 is 28.1 Å². The Balaban J connectivity index is 1.60. The van der Waals surface area contributed by atoms with E-state index in [4.69, 9.17) is 4.52 Å². The number of aryl methyl sites for hydroxylation is 1. The quantitative estimate of drug-likeness (QED) is 0.624. The van der Waals surface area contributed by atoms with Crippen LogP contribution < -0.4 is 5.56 Å². The molecule has 0 saturated carbocycles. The van der Waals surface area contributed by atoms with Crippen molar-refractivity contribution in [3.63, 3.8) is 0 Å². The average Bonchev–Trinajstić information content (AvgIpc) is 3.33. The molecule has 1 fully saturated rings. The summed E-state index contributed by atoms with van der Waals surface area (Å²) in [5, 5.41) is 8.25. The van der Waals surface area contributed by atoms with Crippen LogP contribution in [0.4, 0.5) is 0 Å². The Morgan fingerprint density at radius 1 is 1.44 bits per heavy atom. The Morgan fingerprint density at radius 2 is 2.32 bits per heavy atom. The standard InChI is InChI=1S/C15H18N6O2S2/c1-3-11-17-13(23-19-11)10-5-4-6-20(10)8-9-7-12(22)21-14(16-9)25-15(18-21)24-2/h7,10H,3-6,8H2,1-2H3/t10-/m0/s1. The number of likely N-dealkylation sites (tertiary alicyclic amines) is 1. The Morgan fingerprint density at radius 3 is 3.08 bits per heavy atom. The largest absolute Gasteiger partial charge is 0.338 e. The number of aromatic nitrogens is 5. The molecule has 132 valence electrons. The molecule has 4 heterocycles. The first-order valence-corrected chi connectivity index (χ1v) is 10.2. The zero-order valence-electron chi connectivity index (χ0n) is 14.0. The topological polar surface area (TPSA) is 89.4 Å². The maximum atomic E-state index is 12.3. The predicted octanol–water partition coefficient (Wildman–Crippen LogP) is 2.16. The highest BCUT2D eigenvalue weighted by atomic mass is 32.2. The lowest BCUT2D eigenvalue weighted by Gasteiger charge is -2.20. The molecule has 0 unspecified atom stereocenters. The first-order chi connectivity index (χ1) is 12.2. The fourth-order valence-corrected chi connectivity index (χ4v) is 4.43. The molecule has 0 aliphatic carbocycles. The van der Waals surface area contributed by atoms with Crippen LogP contribution in [0.1, 0.15) is 43.2 Å². The smallest absolute Gasteiger partial charge is 0.275 e. The molecule has 8 nitrogen and oxygen atoms in total. The molecule has 25 heavy (non-hydrogen) atoms. The van der Waals surface area contributed by atoms with Gasteiger partial charge in [0.2, 0.25) is 10.9 Å². The van der Waals surface area contributed by atoms with Gasteiger partial charge in [0, 0.05) is 19.0 Å². The lowest BCUT2D eigenvalue weighted by Crippen LogP contribution is -2.25. The Kier molecular flexibility index (Phi) is 4.57. The summed E-state index contributed by atoms with van der Waals surface area (Å²) in [6.07, 6.45) is 4.73. The van der Waals surface area contributed by atoms with Crippen molar-refractivity contribution in [3.05, 3.63) is 33.8 Å². The zero-order valence-corrected chi connectivity index (χ0v) is 15.6. The summed E-state index contributed by atoms with van der Waals surface area (Å²) in [6.45, 7) is 3.52. The van der Waals surface area contributed by atoms with Gasteiger partial charge in [0.15, 0.2) is 10.2 Å². The average molecular weight is 378 g/mol. The van der Waals surface area contributed by atoms with E-state index in [0.717, 1.165) is 41.7 Å². The van der Waals surface area contributed by atoms with Gasteiger partial charge in [-0.25, -0.2) is 4.98 Å². The molecule has 0 radical (unpaired) electrons. The molecule has 3 aromatic rings. The lowest BCUT2D eigenvalue weighted by atomic mass is 10.2. The monoisotopic (exact) mass is 378 g/mol. The number of nitrogens with zero attached hydrogens (tertiary/aromatic N) is 6. The molecular formula is C15H18N6O2S2. The third kappa shape index (κ3) is 3.21. The molecule has 10 heteroatoms. The molecule has 3 aromatic heterocycles. The van der Waals surface area contributed by atoms with Gasteiger partial charge in [0.05, 0.1) is 11.7 Å². The molecule has 4 rings (SSSR count). The highest BCUT2D eigenvalue weighted by Gasteiger charge is 2.31. The third-order valence-corrected chi connectivity index (χ3v) is 6.15. The second-order valence-electron chi connectivity index (χ2n) is 5.88. The number of hydrogen-bond acceptors (Lipinski definition) is 9. The van der Waals surface area contributed by atoms with Crippen molar-refractivity contribution in [2.45, 2.75) is 43.1 Å². The van der Waals surface area contributed by atoms with Gasteiger partial charge in [0.1, 0.15) is 0 Å². The molecule has 0 bridgehead atoms. The SMILES string of the molecule is CCc1noc([C@@H]2CCCN2Cc2cc(=O)n3nc(SC)sc3n2)n1. The van der Waals surface area contributed by atoms with Crippen molar-refractivity contribution < 1.29 is 4.52 Å². The summed E-state index contributed by atoms with van der Waals surface area (Å²) < 4.78 is 7.62. The van der Waals surface area contributed by atoms with Crippen LogP contribution in [-0.2, 0) is 13.0 Å². The number of hydrogen-bond donors (Lipinski definition) is 0. The van der Waals surface area contributed by atoms with Crippen LogP contribution in [0, 0.1) is 0 Å². The fraction of sp³-hybridized carbons (Fsp3) is 0.533. The van der Waals surface area contributed by atoms with Crippen LogP contribution in [0.15, 0.2) is 19.7 Å². The summed E-state index contributed by atoms with van der Waals surface area (Å²) >= 11 is 2.95. The normalized spacial score (nSPS) is 18.4. The molecule has 1 aliphatic rings. The lowest BCUT2D eigenvalue weighted by molar-refractivity contribution is 0.199. The van der Waals surface area contributed by atoms with Crippen molar-refractivity contribution in [2.24, 2.45) is 0 Å². The first-order valence-electron chi connectivity index (χ1n) is 8.18. The van der Waals surface area contributed by atoms with Gasteiger partial charge in [-0.05, 0) is 25.6 Å². The highest BCUT2D eigenvalue weighted by molar-refractivity contribution is 8.00. The maximum Gasteiger partial charge on any atom is 0.275 e. The van der Waals surface area contributed by atoms with E-state index in [1.807, 2.05) is 13.2 Å². The van der Waals surface area contributed by atoms with Gasteiger partial charge in [-0.3, -0.25) is 9.69 Å². The number of fused-ring (bicyclic) bond motifs is 1. The molecule has 0 amide bonds. The zero-order chi connectivity index (χ0) is 17.4. The highest BCUT2D eigenvalue weighted by Crippen LogP contribution is 2.32. The second-order valence-corrected chi connectivity index (χ2v) is 7.89. The molecule has 1 aliphatic heterocycles. The second kappa shape index (κ2) is 6.85. The Bertz CT molecular complexity index is 949. The Labute approximate surface area is 152 Å². The molecule has 0 N–H and O–H groups in total. The van der Waals surface area contributed by atoms with E-state index < -0.39 is 0 Å². The van der Waals surface area contributed by atoms with E-state index in [1.54, 1.807) is 6.07 Å². The summed E-state index contributed by atoms with van der Waals surface area (Å²) in [6, 6.07) is 1.66. The molecule has 0 aromatic carbocycles. The van der Waals surface area contributed by atoms with E-state index in [9.17, 15) is 4.79 Å². The van der Waals surface area contributed by atoms with Gasteiger partial charge >= 0.3 is 0 Å². The summed E-state index contributed by atoms with van der Waals surface area (Å²) in [5.41, 5.74) is 0.613. The van der Waals surface area contributed by atoms with E-state index in [2.05, 4.69) is 25.1 Å². The van der Waals surface area contributed by atoms with Crippen LogP contribution in [0.2, 0.25) is 0 Å². The molecule has 1 saturated heterocycles. The minimum Gasteiger partial charge on any atom is -0.338 e. The molecule has 0 spiro atoms. The number of thioether (sulfide) groups is 1. The Hall–Kier alpha value is -1.78. The van der Waals surface area contributed by atoms with Crippen LogP contribution in [0.25, 0.3) is 4.96 Å². The summed E-state index contributed by atoms with van der Waals surface area (Å²) in [4.78, 5) is 24.3. The summed E-state index contributed by atoms with van der Waals surface area (Å²) in [5.74, 6) is 1.39. The van der Waals surface area contributed by atoms with Gasteiger partial charge < -0.3 is 4.52 Å². The predicted molar refractivity (Wildman–Crippen MR) is 95.0 cm³/mol. The third-order valence-electron chi connectivity index (χ3n) is 4.27. The van der Waals surface area contributed by atoms with Gasteiger partial charge in [0.25, 0.3) is 5.56 Å². The van der Waals surface area contributed by atoms with Crippen molar-refractivity contribution in [2.75, 3.05) is 12.8 Å². The minimum absolute atomic E-state index is 0.0938. The van der Waals surface area contributed by atoms with E-state index >= 15 is 0 Å². The first kappa shape index (κ1) is 16.7. The van der Waals surface area contributed by atoms with Gasteiger partial charge in [-0.1, -0.05) is 35.2 Å². The van der Waals surface area contributed by atoms with Crippen LogP contribution in [0.5, 0.6) is 0 Å². The van der Waals surface area contributed by atoms with Crippen molar-refractivity contribution in [1.29, 1.82) is 0 Å². The van der Waals surface area contributed by atoms with Crippen LogP contribution in [0.3, 0.4) is 0 Å². The van der Waals surface area contributed by atoms with E-state index in [1.165, 1.54) is 27.6 Å². The van der Waals surface area contributed by atoms with Crippen LogP contribution in [-0.4, -0.2) is 42.4 Å². The maximum absolute atomic E-state index is 12.3. The van der Waals surface area contributed by atoms with Crippen LogP contribution >= 0.6 is 23.1 Å². The van der Waals surface area contributed by atoms with Gasteiger partial charge in [-0.15, -0.1) is 5.10 Å². The number of rotatable bonds is 5. The minimum atomic E-state index is -0.140. The van der Waals surface area contributed by atoms with E-state index in [0.29, 0.717) is 17.4 Å². The summed E-state index contributed by atoms with van der Waals surface area (Å²) in [7, 11) is 0. The van der Waals surface area contributed by atoms with Crippen molar-refractivity contribution in [3.8, 4) is 0 Å².